The number of benzene rings is 2. The van der Waals surface area contributed by atoms with Gasteiger partial charge in [-0.2, -0.15) is 0 Å². The summed E-state index contributed by atoms with van der Waals surface area (Å²) in [6.07, 6.45) is 1.38. The Balaban J connectivity index is 1.77. The first kappa shape index (κ1) is 28.7. The van der Waals surface area contributed by atoms with Crippen molar-refractivity contribution in [2.45, 2.75) is 77.6 Å². The molecule has 1 aliphatic heterocycles. The van der Waals surface area contributed by atoms with Crippen molar-refractivity contribution in [1.82, 2.24) is 15.5 Å². The molecule has 0 saturated heterocycles. The minimum atomic E-state index is -0.828. The second-order valence-electron chi connectivity index (χ2n) is 10.5. The number of rotatable bonds is 9. The number of anilines is 1. The summed E-state index contributed by atoms with van der Waals surface area (Å²) >= 11 is 0. The molecule has 2 atom stereocenters. The Morgan fingerprint density at radius 2 is 1.63 bits per heavy atom. The second kappa shape index (κ2) is 13.1. The molecule has 2 aromatic rings. The van der Waals surface area contributed by atoms with Crippen molar-refractivity contribution in [3.8, 4) is 0 Å². The molecule has 1 unspecified atom stereocenters. The summed E-state index contributed by atoms with van der Waals surface area (Å²) in [7, 11) is 0. The van der Waals surface area contributed by atoms with Crippen molar-refractivity contribution >= 4 is 29.5 Å². The molecular weight excluding hydrogens is 484 g/mol. The average Bonchev–Trinajstić information content (AvgIpc) is 2.86. The molecule has 1 heterocycles. The van der Waals surface area contributed by atoms with Crippen molar-refractivity contribution in [3.63, 3.8) is 0 Å². The van der Waals surface area contributed by atoms with E-state index in [1.807, 2.05) is 42.5 Å². The fourth-order valence-electron chi connectivity index (χ4n) is 4.30. The molecule has 0 radical (unpaired) electrons. The number of nitrogens with zero attached hydrogens (tertiary/aromatic N) is 1. The Bertz CT molecular complexity index is 1130. The quantitative estimate of drug-likeness (QED) is 0.434. The highest BCUT2D eigenvalue weighted by Crippen LogP contribution is 2.26. The van der Waals surface area contributed by atoms with Crippen LogP contribution < -0.4 is 16.0 Å². The highest BCUT2D eigenvalue weighted by atomic mass is 16.6. The lowest BCUT2D eigenvalue weighted by Crippen LogP contribution is -2.56. The molecule has 0 aliphatic carbocycles. The third-order valence-electron chi connectivity index (χ3n) is 6.15. The Labute approximate surface area is 224 Å². The third-order valence-corrected chi connectivity index (χ3v) is 6.15. The van der Waals surface area contributed by atoms with Gasteiger partial charge in [0.25, 0.3) is 0 Å². The number of para-hydroxylation sites is 1. The lowest BCUT2D eigenvalue weighted by atomic mass is 9.93. The number of hydrogen-bond donors (Lipinski definition) is 3. The number of fused-ring (bicyclic) bond motifs is 1. The van der Waals surface area contributed by atoms with E-state index in [1.165, 1.54) is 11.8 Å². The molecule has 3 N–H and O–H groups in total. The number of unbranched alkanes of at least 4 members (excludes halogenated alkanes) is 1. The first-order chi connectivity index (χ1) is 18.0. The lowest BCUT2D eigenvalue weighted by molar-refractivity contribution is -0.131. The Hall–Kier alpha value is -3.88. The van der Waals surface area contributed by atoms with Crippen LogP contribution in [0.4, 0.5) is 10.5 Å². The maximum absolute atomic E-state index is 13.6. The zero-order valence-electron chi connectivity index (χ0n) is 22.6. The van der Waals surface area contributed by atoms with Gasteiger partial charge in [0.05, 0.1) is 6.54 Å². The van der Waals surface area contributed by atoms with Crippen molar-refractivity contribution in [2.75, 3.05) is 11.9 Å². The molecule has 0 aromatic heterocycles. The topological polar surface area (TPSA) is 117 Å². The van der Waals surface area contributed by atoms with E-state index in [0.29, 0.717) is 37.9 Å². The third kappa shape index (κ3) is 8.61. The van der Waals surface area contributed by atoms with Crippen molar-refractivity contribution < 1.29 is 23.9 Å². The van der Waals surface area contributed by atoms with Crippen molar-refractivity contribution in [2.24, 2.45) is 0 Å². The van der Waals surface area contributed by atoms with Gasteiger partial charge >= 0.3 is 6.09 Å². The van der Waals surface area contributed by atoms with Crippen LogP contribution in [0.25, 0.3) is 0 Å². The fraction of sp³-hybridized carbons (Fsp3) is 0.448. The summed E-state index contributed by atoms with van der Waals surface area (Å²) in [5.41, 5.74) is 1.84. The number of carbonyl (C=O) groups is 4. The van der Waals surface area contributed by atoms with Crippen LogP contribution in [0.1, 0.15) is 58.1 Å². The number of ether oxygens (including phenoxy) is 1. The number of carbonyl (C=O) groups excluding carboxylic acids is 4. The minimum Gasteiger partial charge on any atom is -0.444 e. The summed E-state index contributed by atoms with van der Waals surface area (Å²) in [6, 6.07) is 15.1. The lowest BCUT2D eigenvalue weighted by Gasteiger charge is -2.37. The Kier molecular flexibility index (Phi) is 9.87. The molecule has 0 spiro atoms. The molecule has 0 fully saturated rings. The van der Waals surface area contributed by atoms with Gasteiger partial charge in [0, 0.05) is 25.6 Å². The molecular formula is C29H38N4O5. The first-order valence-electron chi connectivity index (χ1n) is 13.0. The van der Waals surface area contributed by atoms with Crippen LogP contribution in [-0.2, 0) is 32.1 Å². The molecule has 2 aromatic carbocycles. The minimum absolute atomic E-state index is 0.114. The average molecular weight is 523 g/mol. The van der Waals surface area contributed by atoms with Gasteiger partial charge in [-0.3, -0.25) is 19.3 Å². The van der Waals surface area contributed by atoms with E-state index in [4.69, 9.17) is 4.74 Å². The number of hydrogen-bond acceptors (Lipinski definition) is 5. The van der Waals surface area contributed by atoms with Crippen LogP contribution in [0.3, 0.4) is 0 Å². The molecule has 1 aliphatic rings. The van der Waals surface area contributed by atoms with E-state index in [1.54, 1.807) is 32.9 Å². The van der Waals surface area contributed by atoms with Crippen LogP contribution in [0.2, 0.25) is 0 Å². The van der Waals surface area contributed by atoms with Gasteiger partial charge in [0.2, 0.25) is 17.7 Å². The van der Waals surface area contributed by atoms with Gasteiger partial charge < -0.3 is 20.7 Å². The van der Waals surface area contributed by atoms with Gasteiger partial charge in [0.15, 0.2) is 0 Å². The highest BCUT2D eigenvalue weighted by molar-refractivity contribution is 5.98. The summed E-state index contributed by atoms with van der Waals surface area (Å²) in [6.45, 7) is 7.52. The van der Waals surface area contributed by atoms with E-state index >= 15 is 0 Å². The van der Waals surface area contributed by atoms with E-state index in [-0.39, 0.29) is 18.4 Å². The largest absolute Gasteiger partial charge is 0.444 e. The predicted octanol–water partition coefficient (Wildman–Crippen LogP) is 3.78. The zero-order valence-corrected chi connectivity index (χ0v) is 22.6. The number of amides is 4. The molecule has 4 amide bonds. The van der Waals surface area contributed by atoms with Gasteiger partial charge in [0.1, 0.15) is 17.7 Å². The number of nitrogens with one attached hydrogen (secondary N) is 3. The normalized spacial score (nSPS) is 15.6. The molecule has 0 bridgehead atoms. The van der Waals surface area contributed by atoms with Crippen LogP contribution in [-0.4, -0.2) is 52.9 Å². The molecule has 9 nitrogen and oxygen atoms in total. The van der Waals surface area contributed by atoms with E-state index in [9.17, 15) is 19.2 Å². The summed E-state index contributed by atoms with van der Waals surface area (Å²) in [4.78, 5) is 52.5. The molecule has 204 valence electrons. The maximum atomic E-state index is 13.6. The van der Waals surface area contributed by atoms with E-state index in [2.05, 4.69) is 16.0 Å². The fourth-order valence-corrected chi connectivity index (χ4v) is 4.30. The summed E-state index contributed by atoms with van der Waals surface area (Å²) in [5, 5.41) is 8.50. The molecule has 0 saturated carbocycles. The predicted molar refractivity (Wildman–Crippen MR) is 145 cm³/mol. The maximum Gasteiger partial charge on any atom is 0.411 e. The van der Waals surface area contributed by atoms with Gasteiger partial charge in [-0.05, 0) is 63.3 Å². The van der Waals surface area contributed by atoms with Crippen LogP contribution in [0, 0.1) is 0 Å². The first-order valence-corrected chi connectivity index (χ1v) is 13.0. The van der Waals surface area contributed by atoms with Crippen LogP contribution in [0.5, 0.6) is 0 Å². The van der Waals surface area contributed by atoms with Gasteiger partial charge in [-0.1, -0.05) is 42.5 Å². The Morgan fingerprint density at radius 1 is 0.974 bits per heavy atom. The molecule has 38 heavy (non-hydrogen) atoms. The van der Waals surface area contributed by atoms with Crippen molar-refractivity contribution in [3.05, 3.63) is 65.7 Å². The van der Waals surface area contributed by atoms with Gasteiger partial charge in [-0.15, -0.1) is 0 Å². The van der Waals surface area contributed by atoms with E-state index in [0.717, 1.165) is 11.1 Å². The Morgan fingerprint density at radius 3 is 2.29 bits per heavy atom. The second-order valence-corrected chi connectivity index (χ2v) is 10.5. The monoisotopic (exact) mass is 522 g/mol. The smallest absolute Gasteiger partial charge is 0.411 e. The SMILES string of the molecule is CC(=O)NCCCC[C@H](NC(=O)C1Cc2ccccc2CN1C(=O)OC(C)(C)C)C(=O)Nc1ccccc1. The summed E-state index contributed by atoms with van der Waals surface area (Å²) < 4.78 is 5.61. The molecule has 9 heteroatoms. The zero-order chi connectivity index (χ0) is 27.7. The van der Waals surface area contributed by atoms with Gasteiger partial charge in [-0.25, -0.2) is 4.79 Å². The van der Waals surface area contributed by atoms with Crippen LogP contribution >= 0.6 is 0 Å². The summed E-state index contributed by atoms with van der Waals surface area (Å²) in [5.74, 6) is -0.874. The molecule has 3 rings (SSSR count). The standard InChI is InChI=1S/C29H38N4O5/c1-20(34)30-17-11-10-16-24(26(35)31-23-14-6-5-7-15-23)32-27(36)25-18-21-12-8-9-13-22(21)19-33(25)28(37)38-29(2,3)4/h5-9,12-15,24-25H,10-11,16-19H2,1-4H3,(H,30,34)(H,31,35)(H,32,36)/t24-,25?/m0/s1. The van der Waals surface area contributed by atoms with Crippen LogP contribution in [0.15, 0.2) is 54.6 Å². The van der Waals surface area contributed by atoms with E-state index < -0.39 is 29.7 Å². The highest BCUT2D eigenvalue weighted by Gasteiger charge is 2.38. The van der Waals surface area contributed by atoms with Crippen molar-refractivity contribution in [1.29, 1.82) is 0 Å².